The molecule has 0 unspecified atom stereocenters. The van der Waals surface area contributed by atoms with Gasteiger partial charge in [-0.15, -0.1) is 0 Å². The van der Waals surface area contributed by atoms with Crippen molar-refractivity contribution in [2.45, 2.75) is 39.2 Å². The third-order valence-electron chi connectivity index (χ3n) is 4.90. The number of aromatic nitrogens is 5. The highest BCUT2D eigenvalue weighted by atomic mass is 15.2. The first-order valence-electron chi connectivity index (χ1n) is 8.86. The Labute approximate surface area is 141 Å². The van der Waals surface area contributed by atoms with E-state index in [-0.39, 0.29) is 0 Å². The van der Waals surface area contributed by atoms with Crippen LogP contribution in [0.4, 0.5) is 0 Å². The van der Waals surface area contributed by atoms with Crippen molar-refractivity contribution in [3.63, 3.8) is 0 Å². The lowest BCUT2D eigenvalue weighted by Gasteiger charge is -2.30. The van der Waals surface area contributed by atoms with Crippen molar-refractivity contribution in [2.24, 2.45) is 5.92 Å². The number of fused-ring (bicyclic) bond motifs is 1. The van der Waals surface area contributed by atoms with E-state index in [0.29, 0.717) is 5.92 Å². The molecule has 2 N–H and O–H groups in total. The highest BCUT2D eigenvalue weighted by molar-refractivity contribution is 5.74. The van der Waals surface area contributed by atoms with Crippen LogP contribution in [0.25, 0.3) is 11.0 Å². The molecule has 3 heterocycles. The second-order valence-electron chi connectivity index (χ2n) is 6.68. The number of nitrogens with one attached hydrogen (secondary N) is 2. The Morgan fingerprint density at radius 1 is 1.12 bits per heavy atom. The molecule has 4 rings (SSSR count). The SMILES string of the molecule is CCc1n[nH]c(CN2CCC(Cc3nc4ccccc4[nH]3)CC2)n1. The number of para-hydroxylation sites is 2. The van der Waals surface area contributed by atoms with Crippen LogP contribution in [0, 0.1) is 5.92 Å². The average molecular weight is 324 g/mol. The predicted octanol–water partition coefficient (Wildman–Crippen LogP) is 2.70. The zero-order chi connectivity index (χ0) is 16.4. The summed E-state index contributed by atoms with van der Waals surface area (Å²) in [5, 5.41) is 7.27. The highest BCUT2D eigenvalue weighted by Gasteiger charge is 2.21. The summed E-state index contributed by atoms with van der Waals surface area (Å²) >= 11 is 0. The van der Waals surface area contributed by atoms with E-state index in [2.05, 4.69) is 50.2 Å². The summed E-state index contributed by atoms with van der Waals surface area (Å²) in [5.41, 5.74) is 2.21. The van der Waals surface area contributed by atoms with Gasteiger partial charge in [0.1, 0.15) is 17.5 Å². The smallest absolute Gasteiger partial charge is 0.150 e. The van der Waals surface area contributed by atoms with Crippen LogP contribution in [-0.4, -0.2) is 43.1 Å². The minimum Gasteiger partial charge on any atom is -0.342 e. The minimum absolute atomic E-state index is 0.711. The van der Waals surface area contributed by atoms with Crippen LogP contribution in [0.15, 0.2) is 24.3 Å². The first kappa shape index (κ1) is 15.3. The average Bonchev–Trinajstić information content (AvgIpc) is 3.22. The molecule has 3 aromatic rings. The Kier molecular flexibility index (Phi) is 4.30. The van der Waals surface area contributed by atoms with Crippen LogP contribution in [0.1, 0.15) is 37.2 Å². The third-order valence-corrected chi connectivity index (χ3v) is 4.90. The highest BCUT2D eigenvalue weighted by Crippen LogP contribution is 2.22. The second kappa shape index (κ2) is 6.73. The number of rotatable bonds is 5. The van der Waals surface area contributed by atoms with E-state index in [9.17, 15) is 0 Å². The molecule has 0 aliphatic carbocycles. The molecule has 0 bridgehead atoms. The molecule has 24 heavy (non-hydrogen) atoms. The summed E-state index contributed by atoms with van der Waals surface area (Å²) in [6, 6.07) is 8.26. The van der Waals surface area contributed by atoms with Gasteiger partial charge in [-0.05, 0) is 44.0 Å². The van der Waals surface area contributed by atoms with Gasteiger partial charge in [-0.3, -0.25) is 10.00 Å². The maximum absolute atomic E-state index is 4.71. The van der Waals surface area contributed by atoms with E-state index in [1.807, 2.05) is 6.07 Å². The summed E-state index contributed by atoms with van der Waals surface area (Å²) in [7, 11) is 0. The van der Waals surface area contributed by atoms with E-state index in [0.717, 1.165) is 61.0 Å². The quantitative estimate of drug-likeness (QED) is 0.757. The fraction of sp³-hybridized carbons (Fsp3) is 0.500. The van der Waals surface area contributed by atoms with E-state index < -0.39 is 0 Å². The fourth-order valence-corrected chi connectivity index (χ4v) is 3.50. The van der Waals surface area contributed by atoms with Crippen molar-refractivity contribution >= 4 is 11.0 Å². The zero-order valence-electron chi connectivity index (χ0n) is 14.1. The molecule has 1 fully saturated rings. The monoisotopic (exact) mass is 324 g/mol. The number of benzene rings is 1. The molecular formula is C18H24N6. The van der Waals surface area contributed by atoms with E-state index in [1.54, 1.807) is 0 Å². The van der Waals surface area contributed by atoms with Gasteiger partial charge in [-0.25, -0.2) is 9.97 Å². The summed E-state index contributed by atoms with van der Waals surface area (Å²) in [6.07, 6.45) is 4.36. The number of H-pyrrole nitrogens is 2. The number of aryl methyl sites for hydroxylation is 1. The van der Waals surface area contributed by atoms with E-state index >= 15 is 0 Å². The molecule has 1 saturated heterocycles. The number of aromatic amines is 2. The standard InChI is InChI=1S/C18H24N6/c1-2-16-21-18(23-22-16)12-24-9-7-13(8-10-24)11-17-19-14-5-3-4-6-15(14)20-17/h3-6,13H,2,7-12H2,1H3,(H,19,20)(H,21,22,23). The lowest BCUT2D eigenvalue weighted by atomic mass is 9.93. The van der Waals surface area contributed by atoms with Crippen LogP contribution in [0.3, 0.4) is 0 Å². The molecule has 0 radical (unpaired) electrons. The Morgan fingerprint density at radius 3 is 2.71 bits per heavy atom. The fourth-order valence-electron chi connectivity index (χ4n) is 3.50. The molecular weight excluding hydrogens is 300 g/mol. The van der Waals surface area contributed by atoms with Crippen molar-refractivity contribution in [1.29, 1.82) is 0 Å². The Balaban J connectivity index is 1.31. The number of likely N-dealkylation sites (tertiary alicyclic amines) is 1. The van der Waals surface area contributed by atoms with Gasteiger partial charge < -0.3 is 4.98 Å². The van der Waals surface area contributed by atoms with Crippen LogP contribution in [-0.2, 0) is 19.4 Å². The number of piperidine rings is 1. The Hall–Kier alpha value is -2.21. The lowest BCUT2D eigenvalue weighted by molar-refractivity contribution is 0.172. The Bertz CT molecular complexity index is 764. The summed E-state index contributed by atoms with van der Waals surface area (Å²) in [6.45, 7) is 5.20. The van der Waals surface area contributed by atoms with Crippen LogP contribution < -0.4 is 0 Å². The van der Waals surface area contributed by atoms with Crippen LogP contribution >= 0.6 is 0 Å². The van der Waals surface area contributed by atoms with Crippen molar-refractivity contribution in [2.75, 3.05) is 13.1 Å². The molecule has 0 spiro atoms. The van der Waals surface area contributed by atoms with Gasteiger partial charge in [0.2, 0.25) is 0 Å². The lowest BCUT2D eigenvalue weighted by Crippen LogP contribution is -2.34. The molecule has 1 aromatic carbocycles. The molecule has 0 atom stereocenters. The first-order chi connectivity index (χ1) is 11.8. The molecule has 2 aromatic heterocycles. The van der Waals surface area contributed by atoms with Gasteiger partial charge in [0.05, 0.1) is 17.6 Å². The van der Waals surface area contributed by atoms with Gasteiger partial charge in [0, 0.05) is 12.8 Å². The molecule has 6 nitrogen and oxygen atoms in total. The number of imidazole rings is 1. The van der Waals surface area contributed by atoms with E-state index in [1.165, 1.54) is 12.8 Å². The first-order valence-corrected chi connectivity index (χ1v) is 8.86. The Morgan fingerprint density at radius 2 is 1.96 bits per heavy atom. The normalized spacial score (nSPS) is 16.9. The number of hydrogen-bond acceptors (Lipinski definition) is 4. The van der Waals surface area contributed by atoms with Gasteiger partial charge in [-0.1, -0.05) is 19.1 Å². The second-order valence-corrected chi connectivity index (χ2v) is 6.68. The number of nitrogens with zero attached hydrogens (tertiary/aromatic N) is 4. The summed E-state index contributed by atoms with van der Waals surface area (Å²) < 4.78 is 0. The van der Waals surface area contributed by atoms with Gasteiger partial charge in [0.15, 0.2) is 0 Å². The maximum atomic E-state index is 4.71. The summed E-state index contributed by atoms with van der Waals surface area (Å²) in [5.74, 6) is 3.73. The maximum Gasteiger partial charge on any atom is 0.150 e. The molecule has 6 heteroatoms. The molecule has 1 aliphatic heterocycles. The van der Waals surface area contributed by atoms with Crippen LogP contribution in [0.2, 0.25) is 0 Å². The molecule has 126 valence electrons. The van der Waals surface area contributed by atoms with Crippen molar-refractivity contribution in [1.82, 2.24) is 30.0 Å². The minimum atomic E-state index is 0.711. The predicted molar refractivity (Wildman–Crippen MR) is 93.6 cm³/mol. The van der Waals surface area contributed by atoms with Gasteiger partial charge in [-0.2, -0.15) is 5.10 Å². The van der Waals surface area contributed by atoms with Crippen molar-refractivity contribution < 1.29 is 0 Å². The topological polar surface area (TPSA) is 73.5 Å². The largest absolute Gasteiger partial charge is 0.342 e. The van der Waals surface area contributed by atoms with E-state index in [4.69, 9.17) is 4.98 Å². The van der Waals surface area contributed by atoms with Crippen LogP contribution in [0.5, 0.6) is 0 Å². The molecule has 0 amide bonds. The van der Waals surface area contributed by atoms with Crippen molar-refractivity contribution in [3.8, 4) is 0 Å². The molecule has 0 saturated carbocycles. The number of hydrogen-bond donors (Lipinski definition) is 2. The third kappa shape index (κ3) is 3.33. The van der Waals surface area contributed by atoms with Gasteiger partial charge >= 0.3 is 0 Å². The zero-order valence-corrected chi connectivity index (χ0v) is 14.1. The summed E-state index contributed by atoms with van der Waals surface area (Å²) in [4.78, 5) is 15.1. The molecule has 1 aliphatic rings. The van der Waals surface area contributed by atoms with Gasteiger partial charge in [0.25, 0.3) is 0 Å². The van der Waals surface area contributed by atoms with Crippen molar-refractivity contribution in [3.05, 3.63) is 41.7 Å².